The van der Waals surface area contributed by atoms with Crippen LogP contribution in [-0.2, 0) is 16.0 Å². The fourth-order valence-electron chi connectivity index (χ4n) is 3.92. The summed E-state index contributed by atoms with van der Waals surface area (Å²) in [5, 5.41) is 6.89. The van der Waals surface area contributed by atoms with Gasteiger partial charge in [0.15, 0.2) is 11.6 Å². The van der Waals surface area contributed by atoms with E-state index in [2.05, 4.69) is 15.0 Å². The number of aromatic nitrogens is 3. The van der Waals surface area contributed by atoms with Gasteiger partial charge in [0.2, 0.25) is 5.88 Å². The van der Waals surface area contributed by atoms with Crippen molar-refractivity contribution in [3.63, 3.8) is 0 Å². The number of hydrogen-bond donors (Lipinski definition) is 1. The molecule has 2 aromatic heterocycles. The van der Waals surface area contributed by atoms with E-state index < -0.39 is 0 Å². The normalized spacial score (nSPS) is 20.0. The van der Waals surface area contributed by atoms with Crippen LogP contribution in [0, 0.1) is 11.7 Å². The van der Waals surface area contributed by atoms with Crippen molar-refractivity contribution < 1.29 is 28.6 Å². The van der Waals surface area contributed by atoms with Crippen molar-refractivity contribution in [3.8, 4) is 5.88 Å². The molecule has 172 valence electrons. The Balaban J connectivity index is 0.000000913. The van der Waals surface area contributed by atoms with E-state index in [9.17, 15) is 9.18 Å². The lowest BCUT2D eigenvalue weighted by Gasteiger charge is -2.32. The molecular weight excluding hydrogens is 421 g/mol. The first-order valence-electron chi connectivity index (χ1n) is 10.2. The molecule has 32 heavy (non-hydrogen) atoms. The Morgan fingerprint density at radius 3 is 2.72 bits per heavy atom. The average molecular weight is 447 g/mol. The second-order valence-electron chi connectivity index (χ2n) is 7.43. The van der Waals surface area contributed by atoms with Crippen LogP contribution in [0.4, 0.5) is 10.2 Å². The highest BCUT2D eigenvalue weighted by molar-refractivity contribution is 5.94. The van der Waals surface area contributed by atoms with Gasteiger partial charge in [-0.05, 0) is 12.5 Å². The lowest BCUT2D eigenvalue weighted by Crippen LogP contribution is -2.46. The van der Waals surface area contributed by atoms with Crippen LogP contribution in [0.5, 0.6) is 5.88 Å². The fourth-order valence-corrected chi connectivity index (χ4v) is 3.92. The summed E-state index contributed by atoms with van der Waals surface area (Å²) in [6.45, 7) is 4.07. The van der Waals surface area contributed by atoms with Crippen molar-refractivity contribution in [2.75, 3.05) is 44.9 Å². The van der Waals surface area contributed by atoms with Crippen molar-refractivity contribution in [1.29, 1.82) is 0 Å². The highest BCUT2D eigenvalue weighted by Crippen LogP contribution is 2.28. The number of pyridine rings is 1. The smallest absolute Gasteiger partial charge is 0.290 e. The van der Waals surface area contributed by atoms with Gasteiger partial charge in [0.25, 0.3) is 12.4 Å². The molecule has 11 heteroatoms. The van der Waals surface area contributed by atoms with E-state index in [0.29, 0.717) is 56.4 Å². The number of rotatable bonds is 4. The first kappa shape index (κ1) is 23.3. The highest BCUT2D eigenvalue weighted by Gasteiger charge is 2.37. The molecule has 2 aliphatic heterocycles. The van der Waals surface area contributed by atoms with E-state index >= 15 is 0 Å². The van der Waals surface area contributed by atoms with Gasteiger partial charge in [0.05, 0.1) is 37.6 Å². The zero-order chi connectivity index (χ0) is 23.1. The number of hydrogen-bond acceptors (Lipinski definition) is 8. The van der Waals surface area contributed by atoms with Crippen molar-refractivity contribution in [3.05, 3.63) is 41.7 Å². The summed E-state index contributed by atoms with van der Waals surface area (Å²) in [5.41, 5.74) is 0.895. The minimum atomic E-state index is -0.389. The largest absolute Gasteiger partial charge is 0.483 e. The quantitative estimate of drug-likeness (QED) is 0.691. The second-order valence-corrected chi connectivity index (χ2v) is 7.43. The molecule has 2 atom stereocenters. The van der Waals surface area contributed by atoms with Crippen molar-refractivity contribution in [2.45, 2.75) is 19.4 Å². The molecule has 10 nitrogen and oxygen atoms in total. The molecule has 0 aromatic carbocycles. The van der Waals surface area contributed by atoms with Gasteiger partial charge in [-0.3, -0.25) is 9.59 Å². The van der Waals surface area contributed by atoms with E-state index in [1.807, 2.05) is 11.8 Å². The first-order chi connectivity index (χ1) is 15.5. The molecule has 0 radical (unpaired) electrons. The predicted octanol–water partition coefficient (Wildman–Crippen LogP) is 1.26. The molecule has 0 aliphatic carbocycles. The Hall–Kier alpha value is -3.34. The molecule has 2 aliphatic rings. The summed E-state index contributed by atoms with van der Waals surface area (Å²) in [4.78, 5) is 37.6. The number of carbonyl (C=O) groups excluding carboxylic acids is 1. The first-order valence-corrected chi connectivity index (χ1v) is 10.2. The van der Waals surface area contributed by atoms with E-state index in [4.69, 9.17) is 19.4 Å². The number of methoxy groups -OCH3 is 1. The van der Waals surface area contributed by atoms with E-state index in [1.165, 1.54) is 19.6 Å². The maximum absolute atomic E-state index is 14.9. The Kier molecular flexibility index (Phi) is 7.87. The van der Waals surface area contributed by atoms with Crippen LogP contribution >= 0.6 is 0 Å². The predicted molar refractivity (Wildman–Crippen MR) is 112 cm³/mol. The van der Waals surface area contributed by atoms with Crippen molar-refractivity contribution >= 4 is 18.2 Å². The molecule has 2 saturated heterocycles. The summed E-state index contributed by atoms with van der Waals surface area (Å²) in [6, 6.07) is 3.19. The van der Waals surface area contributed by atoms with Gasteiger partial charge in [0.1, 0.15) is 6.33 Å². The fraction of sp³-hybridized carbons (Fsp3) is 0.476. The van der Waals surface area contributed by atoms with Crippen LogP contribution in [0.15, 0.2) is 24.7 Å². The standard InChI is InChI=1S/C20H24FN5O3.CH2O2/c1-3-16-18(21)19(24-12-23-16)26-8-13-7-25(9-15(26)11-29-10-13)20(27)14-4-5-17(28-2)22-6-14;2-1-3/h4-6,12-13,15H,3,7-11H2,1-2H3;1H,(H,2,3)/t13-,15-;/m0./s1. The number of carbonyl (C=O) groups is 2. The number of nitrogens with zero attached hydrogens (tertiary/aromatic N) is 5. The third-order valence-corrected chi connectivity index (χ3v) is 5.40. The zero-order valence-corrected chi connectivity index (χ0v) is 18.0. The SMILES string of the molecule is CCc1ncnc(N2C[C@H]3COC[C@@H]2CN(C(=O)c2ccc(OC)nc2)C3)c1F.O=CO. The van der Waals surface area contributed by atoms with E-state index in [1.54, 1.807) is 17.0 Å². The lowest BCUT2D eigenvalue weighted by atomic mass is 10.1. The average Bonchev–Trinajstić information content (AvgIpc) is 3.10. The molecule has 2 aromatic rings. The van der Waals surface area contributed by atoms with Gasteiger partial charge in [-0.15, -0.1) is 0 Å². The molecule has 1 N–H and O–H groups in total. The molecule has 0 saturated carbocycles. The Labute approximate surface area is 185 Å². The Morgan fingerprint density at radius 2 is 2.06 bits per heavy atom. The summed E-state index contributed by atoms with van der Waals surface area (Å²) in [5.74, 6) is 0.311. The van der Waals surface area contributed by atoms with E-state index in [-0.39, 0.29) is 36.0 Å². The molecular formula is C21H26FN5O5. The second kappa shape index (κ2) is 10.8. The third-order valence-electron chi connectivity index (χ3n) is 5.40. The number of anilines is 1. The third kappa shape index (κ3) is 5.10. The van der Waals surface area contributed by atoms with Crippen LogP contribution in [-0.4, -0.2) is 83.3 Å². The Morgan fingerprint density at radius 1 is 1.28 bits per heavy atom. The number of carboxylic acid groups (broad SMARTS) is 1. The molecule has 4 rings (SSSR count). The summed E-state index contributed by atoms with van der Waals surface area (Å²) < 4.78 is 25.8. The topological polar surface area (TPSA) is 118 Å². The van der Waals surface area contributed by atoms with Crippen molar-refractivity contribution in [2.24, 2.45) is 5.92 Å². The Bertz CT molecular complexity index is 929. The lowest BCUT2D eigenvalue weighted by molar-refractivity contribution is -0.122. The minimum absolute atomic E-state index is 0.0529. The summed E-state index contributed by atoms with van der Waals surface area (Å²) in [7, 11) is 1.53. The minimum Gasteiger partial charge on any atom is -0.483 e. The van der Waals surface area contributed by atoms with Gasteiger partial charge in [0, 0.05) is 37.8 Å². The van der Waals surface area contributed by atoms with Crippen molar-refractivity contribution in [1.82, 2.24) is 19.9 Å². The van der Waals surface area contributed by atoms with Gasteiger partial charge < -0.3 is 24.4 Å². The zero-order valence-electron chi connectivity index (χ0n) is 18.0. The van der Waals surface area contributed by atoms with Crippen LogP contribution in [0.3, 0.4) is 0 Å². The number of amides is 1. The van der Waals surface area contributed by atoms with Crippen LogP contribution in [0.2, 0.25) is 0 Å². The van der Waals surface area contributed by atoms with Crippen LogP contribution < -0.4 is 9.64 Å². The monoisotopic (exact) mass is 447 g/mol. The molecule has 1 amide bonds. The van der Waals surface area contributed by atoms with E-state index in [0.717, 1.165) is 0 Å². The van der Waals surface area contributed by atoms with Crippen LogP contribution in [0.1, 0.15) is 23.0 Å². The highest BCUT2D eigenvalue weighted by atomic mass is 19.1. The molecule has 2 bridgehead atoms. The molecule has 2 fully saturated rings. The molecule has 0 unspecified atom stereocenters. The van der Waals surface area contributed by atoms with Gasteiger partial charge >= 0.3 is 0 Å². The number of ether oxygens (including phenoxy) is 2. The molecule has 4 heterocycles. The molecule has 0 spiro atoms. The maximum Gasteiger partial charge on any atom is 0.290 e. The van der Waals surface area contributed by atoms with Gasteiger partial charge in [-0.1, -0.05) is 6.92 Å². The summed E-state index contributed by atoms with van der Waals surface area (Å²) in [6.07, 6.45) is 3.42. The number of aryl methyl sites for hydroxylation is 1. The maximum atomic E-state index is 14.9. The summed E-state index contributed by atoms with van der Waals surface area (Å²) >= 11 is 0. The number of halogens is 1. The number of fused-ring (bicyclic) bond motifs is 3. The van der Waals surface area contributed by atoms with Gasteiger partial charge in [-0.2, -0.15) is 0 Å². The van der Waals surface area contributed by atoms with Gasteiger partial charge in [-0.25, -0.2) is 19.3 Å². The van der Waals surface area contributed by atoms with Crippen LogP contribution in [0.25, 0.3) is 0 Å².